The van der Waals surface area contributed by atoms with Crippen LogP contribution in [-0.4, -0.2) is 57.5 Å². The van der Waals surface area contributed by atoms with E-state index in [4.69, 9.17) is 4.74 Å². The van der Waals surface area contributed by atoms with Crippen LogP contribution in [0.25, 0.3) is 0 Å². The molecule has 0 saturated carbocycles. The van der Waals surface area contributed by atoms with E-state index in [-0.39, 0.29) is 29.9 Å². The van der Waals surface area contributed by atoms with E-state index in [1.165, 1.54) is 0 Å². The Hall–Kier alpha value is -2.43. The molecule has 0 unspecified atom stereocenters. The molecule has 0 fully saturated rings. The van der Waals surface area contributed by atoms with Crippen molar-refractivity contribution in [1.29, 1.82) is 0 Å². The van der Waals surface area contributed by atoms with Crippen molar-refractivity contribution in [2.75, 3.05) is 34.3 Å². The van der Waals surface area contributed by atoms with Gasteiger partial charge in [-0.2, -0.15) is 0 Å². The van der Waals surface area contributed by atoms with E-state index in [0.29, 0.717) is 30.4 Å². The molecular weight excluding hydrogens is 517 g/mol. The van der Waals surface area contributed by atoms with Gasteiger partial charge in [0.25, 0.3) is 12.3 Å². The van der Waals surface area contributed by atoms with Crippen LogP contribution in [0.4, 0.5) is 8.78 Å². The molecule has 0 aliphatic rings. The Morgan fingerprint density at radius 1 is 1.10 bits per heavy atom. The van der Waals surface area contributed by atoms with Crippen LogP contribution in [-0.2, 0) is 13.0 Å². The molecule has 0 aromatic heterocycles. The van der Waals surface area contributed by atoms with Crippen molar-refractivity contribution < 1.29 is 18.3 Å². The summed E-state index contributed by atoms with van der Waals surface area (Å²) in [6.45, 7) is 0.483. The molecule has 2 N–H and O–H groups in total. The minimum absolute atomic E-state index is 0. The fourth-order valence-electron chi connectivity index (χ4n) is 2.75. The first-order valence-corrected chi connectivity index (χ1v) is 9.64. The van der Waals surface area contributed by atoms with Crippen LogP contribution in [0.3, 0.4) is 0 Å². The Morgan fingerprint density at radius 3 is 2.48 bits per heavy atom. The van der Waals surface area contributed by atoms with Gasteiger partial charge in [0.2, 0.25) is 0 Å². The number of hydrogen-bond donors (Lipinski definition) is 2. The van der Waals surface area contributed by atoms with E-state index in [0.717, 1.165) is 17.5 Å². The average Bonchev–Trinajstić information content (AvgIpc) is 2.74. The second-order valence-corrected chi connectivity index (χ2v) is 6.85. The highest BCUT2D eigenvalue weighted by Crippen LogP contribution is 2.14. The van der Waals surface area contributed by atoms with Crippen LogP contribution < -0.4 is 15.4 Å². The van der Waals surface area contributed by atoms with Gasteiger partial charge in [0, 0.05) is 39.8 Å². The Kier molecular flexibility index (Phi) is 11.8. The Morgan fingerprint density at radius 2 is 1.81 bits per heavy atom. The van der Waals surface area contributed by atoms with Gasteiger partial charge < -0.3 is 20.3 Å². The third kappa shape index (κ3) is 9.50. The van der Waals surface area contributed by atoms with Crippen molar-refractivity contribution in [3.8, 4) is 5.75 Å². The summed E-state index contributed by atoms with van der Waals surface area (Å²) in [4.78, 5) is 17.8. The summed E-state index contributed by atoms with van der Waals surface area (Å²) in [6.07, 6.45) is -1.77. The normalized spacial score (nSPS) is 11.0. The van der Waals surface area contributed by atoms with E-state index >= 15 is 0 Å². The van der Waals surface area contributed by atoms with Gasteiger partial charge in [-0.3, -0.25) is 9.79 Å². The van der Waals surface area contributed by atoms with Crippen molar-refractivity contribution in [1.82, 2.24) is 15.5 Å². The standard InChI is InChI=1S/C22H28F2N4O2.HI/c1-25-22(27-14-17-7-5-9-19(13-17)30-15-20(23)24)26-11-10-16-6-4-8-18(12-16)21(29)28(2)3;/h4-9,12-13,20H,10-11,14-15H2,1-3H3,(H2,25,26,27);1H. The van der Waals surface area contributed by atoms with E-state index in [1.807, 2.05) is 24.3 Å². The second-order valence-electron chi connectivity index (χ2n) is 6.85. The maximum Gasteiger partial charge on any atom is 0.272 e. The van der Waals surface area contributed by atoms with E-state index in [1.54, 1.807) is 50.3 Å². The Balaban J connectivity index is 0.00000480. The van der Waals surface area contributed by atoms with E-state index in [2.05, 4.69) is 15.6 Å². The lowest BCUT2D eigenvalue weighted by Crippen LogP contribution is -2.37. The number of rotatable bonds is 9. The number of carbonyl (C=O) groups is 1. The molecule has 0 radical (unpaired) electrons. The number of ether oxygens (including phenoxy) is 1. The van der Waals surface area contributed by atoms with E-state index < -0.39 is 13.0 Å². The zero-order valence-electron chi connectivity index (χ0n) is 17.9. The molecule has 0 heterocycles. The van der Waals surface area contributed by atoms with Crippen molar-refractivity contribution in [3.05, 3.63) is 65.2 Å². The smallest absolute Gasteiger partial charge is 0.272 e. The molecule has 2 rings (SSSR count). The minimum Gasteiger partial charge on any atom is -0.488 e. The number of benzene rings is 2. The van der Waals surface area contributed by atoms with Gasteiger partial charge >= 0.3 is 0 Å². The summed E-state index contributed by atoms with van der Waals surface area (Å²) in [5.74, 6) is 1.00. The molecule has 2 aromatic rings. The highest BCUT2D eigenvalue weighted by molar-refractivity contribution is 14.0. The molecule has 31 heavy (non-hydrogen) atoms. The first-order chi connectivity index (χ1) is 14.4. The molecule has 170 valence electrons. The zero-order valence-corrected chi connectivity index (χ0v) is 20.2. The topological polar surface area (TPSA) is 66.0 Å². The zero-order chi connectivity index (χ0) is 21.9. The molecule has 1 amide bonds. The predicted octanol–water partition coefficient (Wildman–Crippen LogP) is 3.56. The number of carbonyl (C=O) groups excluding carboxylic acids is 1. The van der Waals surface area contributed by atoms with Gasteiger partial charge in [-0.05, 0) is 41.8 Å². The predicted molar refractivity (Wildman–Crippen MR) is 130 cm³/mol. The SMILES string of the molecule is CN=C(NCCc1cccc(C(=O)N(C)C)c1)NCc1cccc(OCC(F)F)c1.I. The fourth-order valence-corrected chi connectivity index (χ4v) is 2.75. The highest BCUT2D eigenvalue weighted by atomic mass is 127. The lowest BCUT2D eigenvalue weighted by atomic mass is 10.1. The second kappa shape index (κ2) is 13.8. The number of alkyl halides is 2. The van der Waals surface area contributed by atoms with Crippen LogP contribution in [0.5, 0.6) is 5.75 Å². The van der Waals surface area contributed by atoms with Crippen LogP contribution in [0.2, 0.25) is 0 Å². The monoisotopic (exact) mass is 546 g/mol. The maximum atomic E-state index is 12.3. The lowest BCUT2D eigenvalue weighted by Gasteiger charge is -2.14. The number of amides is 1. The molecule has 2 aromatic carbocycles. The Bertz CT molecular complexity index is 863. The summed E-state index contributed by atoms with van der Waals surface area (Å²) in [5, 5.41) is 6.41. The summed E-state index contributed by atoms with van der Waals surface area (Å²) < 4.78 is 29.6. The highest BCUT2D eigenvalue weighted by Gasteiger charge is 2.08. The van der Waals surface area contributed by atoms with Crippen molar-refractivity contribution in [3.63, 3.8) is 0 Å². The molecule has 9 heteroatoms. The van der Waals surface area contributed by atoms with Crippen LogP contribution in [0, 0.1) is 0 Å². The maximum absolute atomic E-state index is 12.3. The third-order valence-corrected chi connectivity index (χ3v) is 4.24. The molecule has 0 aliphatic carbocycles. The molecule has 0 bridgehead atoms. The quantitative estimate of drug-likeness (QED) is 0.287. The number of aliphatic imine (C=N–C) groups is 1. The molecule has 0 spiro atoms. The number of halogens is 3. The van der Waals surface area contributed by atoms with Gasteiger partial charge in [0.1, 0.15) is 12.4 Å². The first kappa shape index (κ1) is 26.6. The van der Waals surface area contributed by atoms with Gasteiger partial charge in [-0.1, -0.05) is 24.3 Å². The molecule has 0 aliphatic heterocycles. The largest absolute Gasteiger partial charge is 0.488 e. The van der Waals surface area contributed by atoms with Crippen LogP contribution in [0.1, 0.15) is 21.5 Å². The fraction of sp³-hybridized carbons (Fsp3) is 0.364. The summed E-state index contributed by atoms with van der Waals surface area (Å²) >= 11 is 0. The molecular formula is C22H29F2IN4O2. The van der Waals surface area contributed by atoms with Crippen LogP contribution >= 0.6 is 24.0 Å². The van der Waals surface area contributed by atoms with Crippen molar-refractivity contribution in [2.24, 2.45) is 4.99 Å². The average molecular weight is 546 g/mol. The summed E-state index contributed by atoms with van der Waals surface area (Å²) in [5.41, 5.74) is 2.60. The number of nitrogens with zero attached hydrogens (tertiary/aromatic N) is 2. The summed E-state index contributed by atoms with van der Waals surface area (Å²) in [7, 11) is 5.13. The number of nitrogens with one attached hydrogen (secondary N) is 2. The lowest BCUT2D eigenvalue weighted by molar-refractivity contribution is 0.0817. The van der Waals surface area contributed by atoms with Gasteiger partial charge in [-0.15, -0.1) is 24.0 Å². The molecule has 0 atom stereocenters. The van der Waals surface area contributed by atoms with Gasteiger partial charge in [0.15, 0.2) is 5.96 Å². The summed E-state index contributed by atoms with van der Waals surface area (Å²) in [6, 6.07) is 14.6. The molecule has 6 nitrogen and oxygen atoms in total. The third-order valence-electron chi connectivity index (χ3n) is 4.24. The van der Waals surface area contributed by atoms with E-state index in [9.17, 15) is 13.6 Å². The van der Waals surface area contributed by atoms with Gasteiger partial charge in [0.05, 0.1) is 0 Å². The van der Waals surface area contributed by atoms with Gasteiger partial charge in [-0.25, -0.2) is 8.78 Å². The first-order valence-electron chi connectivity index (χ1n) is 9.64. The minimum atomic E-state index is -2.50. The number of guanidine groups is 1. The Labute approximate surface area is 199 Å². The van der Waals surface area contributed by atoms with Crippen LogP contribution in [0.15, 0.2) is 53.5 Å². The van der Waals surface area contributed by atoms with Crippen molar-refractivity contribution >= 4 is 35.8 Å². The number of hydrogen-bond acceptors (Lipinski definition) is 3. The molecule has 0 saturated heterocycles. The van der Waals surface area contributed by atoms with Crippen molar-refractivity contribution in [2.45, 2.75) is 19.4 Å².